The second kappa shape index (κ2) is 10.8. The summed E-state index contributed by atoms with van der Waals surface area (Å²) in [5.74, 6) is 0.144. The number of ether oxygens (including phenoxy) is 1. The van der Waals surface area contributed by atoms with E-state index in [1.807, 2.05) is 24.3 Å². The summed E-state index contributed by atoms with van der Waals surface area (Å²) >= 11 is 0. The highest BCUT2D eigenvalue weighted by atomic mass is 16.5. The van der Waals surface area contributed by atoms with Crippen molar-refractivity contribution in [1.29, 1.82) is 0 Å². The first kappa shape index (κ1) is 23.8. The summed E-state index contributed by atoms with van der Waals surface area (Å²) in [6.07, 6.45) is 6.78. The highest BCUT2D eigenvalue weighted by molar-refractivity contribution is 5.92. The quantitative estimate of drug-likeness (QED) is 0.528. The molecule has 3 heterocycles. The lowest BCUT2D eigenvalue weighted by atomic mass is 9.86. The van der Waals surface area contributed by atoms with Crippen LogP contribution in [-0.4, -0.2) is 47.1 Å². The van der Waals surface area contributed by atoms with Gasteiger partial charge >= 0.3 is 6.09 Å². The molecule has 2 fully saturated rings. The van der Waals surface area contributed by atoms with Crippen molar-refractivity contribution in [3.05, 3.63) is 76.3 Å². The number of nitrogens with one attached hydrogen (secondary N) is 2. The fraction of sp³-hybridized carbons (Fsp3) is 0.407. The number of hydrogen-bond acceptors (Lipinski definition) is 6. The van der Waals surface area contributed by atoms with Crippen LogP contribution in [0.3, 0.4) is 0 Å². The minimum atomic E-state index is -0.392. The van der Waals surface area contributed by atoms with Gasteiger partial charge in [-0.1, -0.05) is 24.6 Å². The van der Waals surface area contributed by atoms with Gasteiger partial charge < -0.3 is 20.3 Å². The first-order valence-electron chi connectivity index (χ1n) is 12.6. The molecule has 0 bridgehead atoms. The van der Waals surface area contributed by atoms with Crippen LogP contribution in [0.25, 0.3) is 5.65 Å². The van der Waals surface area contributed by atoms with Crippen molar-refractivity contribution in [2.75, 3.05) is 24.6 Å². The van der Waals surface area contributed by atoms with Crippen molar-refractivity contribution < 1.29 is 14.3 Å². The van der Waals surface area contributed by atoms with Crippen LogP contribution in [-0.2, 0) is 11.3 Å². The van der Waals surface area contributed by atoms with Gasteiger partial charge in [-0.25, -0.2) is 9.78 Å². The molecule has 2 aliphatic rings. The van der Waals surface area contributed by atoms with E-state index < -0.39 is 5.91 Å². The van der Waals surface area contributed by atoms with Gasteiger partial charge in [0.25, 0.3) is 11.5 Å². The Kier molecular flexibility index (Phi) is 7.16. The van der Waals surface area contributed by atoms with Crippen LogP contribution in [0.4, 0.5) is 10.5 Å². The maximum atomic E-state index is 12.6. The Bertz CT molecular complexity index is 1290. The predicted octanol–water partition coefficient (Wildman–Crippen LogP) is 3.12. The SMILES string of the molecule is O=C(N[C@@H]1CCCN(c2ccc(CNC(=O)c3cc(=O)n4ccccc4n3)cc2)C1)OCC1CCC1. The highest BCUT2D eigenvalue weighted by Gasteiger charge is 2.24. The molecule has 1 aromatic carbocycles. The molecule has 5 rings (SSSR count). The highest BCUT2D eigenvalue weighted by Crippen LogP contribution is 2.26. The van der Waals surface area contributed by atoms with E-state index in [9.17, 15) is 14.4 Å². The molecule has 2 N–H and O–H groups in total. The zero-order valence-corrected chi connectivity index (χ0v) is 20.2. The first-order valence-corrected chi connectivity index (χ1v) is 12.6. The lowest BCUT2D eigenvalue weighted by molar-refractivity contribution is 0.0945. The number of anilines is 1. The molecule has 188 valence electrons. The minimum Gasteiger partial charge on any atom is -0.449 e. The summed E-state index contributed by atoms with van der Waals surface area (Å²) in [6.45, 7) is 2.51. The summed E-state index contributed by atoms with van der Waals surface area (Å²) in [5.41, 5.74) is 2.25. The number of carbonyl (C=O) groups excluding carboxylic acids is 2. The molecule has 1 aliphatic carbocycles. The van der Waals surface area contributed by atoms with E-state index in [-0.39, 0.29) is 23.4 Å². The third kappa shape index (κ3) is 5.67. The van der Waals surface area contributed by atoms with E-state index >= 15 is 0 Å². The van der Waals surface area contributed by atoms with Crippen LogP contribution in [0.15, 0.2) is 59.5 Å². The van der Waals surface area contributed by atoms with E-state index in [1.165, 1.54) is 16.9 Å². The van der Waals surface area contributed by atoms with E-state index in [2.05, 4.69) is 20.5 Å². The molecule has 0 spiro atoms. The molecular weight excluding hydrogens is 458 g/mol. The van der Waals surface area contributed by atoms with Crippen LogP contribution in [0, 0.1) is 5.92 Å². The van der Waals surface area contributed by atoms with E-state index in [0.29, 0.717) is 24.7 Å². The van der Waals surface area contributed by atoms with Gasteiger partial charge in [-0.05, 0) is 61.4 Å². The van der Waals surface area contributed by atoms with Crippen molar-refractivity contribution in [3.8, 4) is 0 Å². The zero-order chi connectivity index (χ0) is 24.9. The molecule has 0 unspecified atom stereocenters. The van der Waals surface area contributed by atoms with Gasteiger partial charge in [0.05, 0.1) is 6.61 Å². The molecule has 2 amide bonds. The van der Waals surface area contributed by atoms with Crippen molar-refractivity contribution >= 4 is 23.3 Å². The van der Waals surface area contributed by atoms with Crippen molar-refractivity contribution in [2.45, 2.75) is 44.7 Å². The second-order valence-electron chi connectivity index (χ2n) is 9.58. The molecule has 9 nitrogen and oxygen atoms in total. The lowest BCUT2D eigenvalue weighted by Crippen LogP contribution is -2.48. The van der Waals surface area contributed by atoms with Gasteiger partial charge in [-0.15, -0.1) is 0 Å². The average Bonchev–Trinajstić information content (AvgIpc) is 2.87. The number of hydrogen-bond donors (Lipinski definition) is 2. The number of piperidine rings is 1. The lowest BCUT2D eigenvalue weighted by Gasteiger charge is -2.35. The summed E-state index contributed by atoms with van der Waals surface area (Å²) in [6, 6.07) is 14.5. The average molecular weight is 490 g/mol. The molecule has 1 aliphatic heterocycles. The molecule has 36 heavy (non-hydrogen) atoms. The maximum Gasteiger partial charge on any atom is 0.407 e. The van der Waals surface area contributed by atoms with Gasteiger partial charge in [-0.2, -0.15) is 0 Å². The Morgan fingerprint density at radius 2 is 1.89 bits per heavy atom. The number of nitrogens with zero attached hydrogens (tertiary/aromatic N) is 3. The Balaban J connectivity index is 1.13. The van der Waals surface area contributed by atoms with Gasteiger partial charge in [0.2, 0.25) is 0 Å². The molecule has 2 aromatic heterocycles. The Morgan fingerprint density at radius 1 is 1.06 bits per heavy atom. The number of alkyl carbamates (subject to hydrolysis) is 1. The van der Waals surface area contributed by atoms with Gasteiger partial charge in [0.15, 0.2) is 0 Å². The van der Waals surface area contributed by atoms with Crippen molar-refractivity contribution in [1.82, 2.24) is 20.0 Å². The Morgan fingerprint density at radius 3 is 2.67 bits per heavy atom. The summed E-state index contributed by atoms with van der Waals surface area (Å²) in [4.78, 5) is 43.5. The molecule has 1 saturated carbocycles. The third-order valence-corrected chi connectivity index (χ3v) is 6.98. The largest absolute Gasteiger partial charge is 0.449 e. The fourth-order valence-electron chi connectivity index (χ4n) is 4.66. The van der Waals surface area contributed by atoms with Gasteiger partial charge in [0, 0.05) is 43.6 Å². The number of amides is 2. The third-order valence-electron chi connectivity index (χ3n) is 6.98. The van der Waals surface area contributed by atoms with E-state index in [0.717, 1.165) is 50.0 Å². The standard InChI is InChI=1S/C27H31N5O4/c33-25-15-23(30-24-8-1-2-14-32(24)25)26(34)28-16-19-9-11-22(12-10-19)31-13-4-7-21(17-31)29-27(35)36-18-20-5-3-6-20/h1-2,8-12,14-15,20-21H,3-7,13,16-18H2,(H,28,34)(H,29,35)/t21-/m1/s1. The van der Waals surface area contributed by atoms with Crippen LogP contribution >= 0.6 is 0 Å². The number of rotatable bonds is 7. The molecule has 1 saturated heterocycles. The van der Waals surface area contributed by atoms with Crippen molar-refractivity contribution in [2.24, 2.45) is 5.92 Å². The van der Waals surface area contributed by atoms with Gasteiger partial charge in [0.1, 0.15) is 11.3 Å². The molecule has 9 heteroatoms. The Hall–Kier alpha value is -3.88. The predicted molar refractivity (Wildman–Crippen MR) is 136 cm³/mol. The van der Waals surface area contributed by atoms with Crippen LogP contribution in [0.1, 0.15) is 48.2 Å². The monoisotopic (exact) mass is 489 g/mol. The number of aromatic nitrogens is 2. The molecule has 1 atom stereocenters. The number of carbonyl (C=O) groups is 2. The fourth-order valence-corrected chi connectivity index (χ4v) is 4.66. The number of pyridine rings is 1. The Labute approximate surface area is 209 Å². The normalized spacial score (nSPS) is 17.9. The van der Waals surface area contributed by atoms with Gasteiger partial charge in [-0.3, -0.25) is 14.0 Å². The van der Waals surface area contributed by atoms with Crippen LogP contribution in [0.2, 0.25) is 0 Å². The van der Waals surface area contributed by atoms with E-state index in [4.69, 9.17) is 4.74 Å². The molecular formula is C27H31N5O4. The summed E-state index contributed by atoms with van der Waals surface area (Å²) < 4.78 is 6.78. The van der Waals surface area contributed by atoms with Crippen LogP contribution in [0.5, 0.6) is 0 Å². The summed E-state index contributed by atoms with van der Waals surface area (Å²) in [5, 5.41) is 5.86. The smallest absolute Gasteiger partial charge is 0.407 e. The maximum absolute atomic E-state index is 12.6. The van der Waals surface area contributed by atoms with Crippen molar-refractivity contribution in [3.63, 3.8) is 0 Å². The number of fused-ring (bicyclic) bond motifs is 1. The first-order chi connectivity index (χ1) is 17.5. The summed E-state index contributed by atoms with van der Waals surface area (Å²) in [7, 11) is 0. The zero-order valence-electron chi connectivity index (χ0n) is 20.2. The van der Waals surface area contributed by atoms with E-state index in [1.54, 1.807) is 24.4 Å². The minimum absolute atomic E-state index is 0.0603. The van der Waals surface area contributed by atoms with Crippen LogP contribution < -0.4 is 21.1 Å². The topological polar surface area (TPSA) is 105 Å². The molecule has 3 aromatic rings. The molecule has 0 radical (unpaired) electrons. The number of benzene rings is 1. The second-order valence-corrected chi connectivity index (χ2v) is 9.58.